The Labute approximate surface area is 62.9 Å². The van der Waals surface area contributed by atoms with Crippen LogP contribution in [0.2, 0.25) is 0 Å². The Morgan fingerprint density at radius 3 is 2.00 bits per heavy atom. The van der Waals surface area contributed by atoms with E-state index < -0.39 is 10.6 Å². The van der Waals surface area contributed by atoms with Crippen molar-refractivity contribution in [3.8, 4) is 0 Å². The molecule has 2 nitrogen and oxygen atoms in total. The van der Waals surface area contributed by atoms with Gasteiger partial charge in [0.15, 0.2) is 0 Å². The van der Waals surface area contributed by atoms with Crippen molar-refractivity contribution in [3.63, 3.8) is 0 Å². The molecule has 0 bridgehead atoms. The molecule has 0 radical (unpaired) electrons. The Balaban J connectivity index is 4.51. The Morgan fingerprint density at radius 2 is 1.90 bits per heavy atom. The highest BCUT2D eigenvalue weighted by Crippen LogP contribution is 2.43. The third-order valence-electron chi connectivity index (χ3n) is 0.930. The van der Waals surface area contributed by atoms with Gasteiger partial charge < -0.3 is 0 Å². The van der Waals surface area contributed by atoms with Crippen molar-refractivity contribution in [3.05, 3.63) is 36.3 Å². The van der Waals surface area contributed by atoms with Crippen LogP contribution in [0.4, 0.5) is 0 Å². The fourth-order valence-corrected chi connectivity index (χ4v) is 1.14. The standard InChI is InChI=1S/C7H12O2S/c1-4-6-7(5-2)10(3,8)9/h4-6,8-9H,1-2H2,3H3/b7-6+. The van der Waals surface area contributed by atoms with Crippen LogP contribution in [0.15, 0.2) is 36.3 Å². The molecule has 0 aliphatic carbocycles. The summed E-state index contributed by atoms with van der Waals surface area (Å²) < 4.78 is 18.1. The van der Waals surface area contributed by atoms with Crippen LogP contribution in [0.1, 0.15) is 0 Å². The normalized spacial score (nSPS) is 14.5. The molecule has 0 aliphatic heterocycles. The first-order chi connectivity index (χ1) is 4.52. The van der Waals surface area contributed by atoms with Gasteiger partial charge in [0, 0.05) is 6.26 Å². The van der Waals surface area contributed by atoms with Gasteiger partial charge in [0.25, 0.3) is 0 Å². The van der Waals surface area contributed by atoms with Gasteiger partial charge in [-0.05, 0) is 12.2 Å². The molecule has 0 rings (SSSR count). The van der Waals surface area contributed by atoms with Gasteiger partial charge in [-0.25, -0.2) is 0 Å². The van der Waals surface area contributed by atoms with Crippen molar-refractivity contribution in [1.29, 1.82) is 0 Å². The van der Waals surface area contributed by atoms with E-state index in [0.717, 1.165) is 0 Å². The van der Waals surface area contributed by atoms with E-state index in [4.69, 9.17) is 9.11 Å². The Kier molecular flexibility index (Phi) is 3.42. The highest BCUT2D eigenvalue weighted by atomic mass is 32.3. The molecule has 0 aliphatic rings. The second-order valence-corrected chi connectivity index (χ2v) is 3.98. The van der Waals surface area contributed by atoms with Crippen LogP contribution in [0.25, 0.3) is 0 Å². The first-order valence-electron chi connectivity index (χ1n) is 2.70. The van der Waals surface area contributed by atoms with Gasteiger partial charge in [-0.2, -0.15) is 10.6 Å². The van der Waals surface area contributed by atoms with E-state index in [1.54, 1.807) is 0 Å². The van der Waals surface area contributed by atoms with Crippen LogP contribution >= 0.6 is 10.6 Å². The highest BCUT2D eigenvalue weighted by Gasteiger charge is 2.06. The molecule has 0 aromatic heterocycles. The minimum absolute atomic E-state index is 0.419. The number of rotatable bonds is 3. The van der Waals surface area contributed by atoms with Crippen LogP contribution < -0.4 is 0 Å². The van der Waals surface area contributed by atoms with E-state index in [1.807, 2.05) is 0 Å². The summed E-state index contributed by atoms with van der Waals surface area (Å²) in [4.78, 5) is 0.419. The highest BCUT2D eigenvalue weighted by molar-refractivity contribution is 8.27. The monoisotopic (exact) mass is 160 g/mol. The van der Waals surface area contributed by atoms with Crippen LogP contribution in [0, 0.1) is 0 Å². The summed E-state index contributed by atoms with van der Waals surface area (Å²) in [6, 6.07) is 0. The Bertz CT molecular complexity index is 165. The Morgan fingerprint density at radius 1 is 1.40 bits per heavy atom. The molecular weight excluding hydrogens is 148 g/mol. The predicted molar refractivity (Wildman–Crippen MR) is 47.2 cm³/mol. The zero-order valence-corrected chi connectivity index (χ0v) is 6.77. The molecule has 0 aromatic rings. The summed E-state index contributed by atoms with van der Waals surface area (Å²) in [5.41, 5.74) is 0. The quantitative estimate of drug-likeness (QED) is 0.623. The summed E-state index contributed by atoms with van der Waals surface area (Å²) >= 11 is 0. The van der Waals surface area contributed by atoms with E-state index in [0.29, 0.717) is 4.91 Å². The summed E-state index contributed by atoms with van der Waals surface area (Å²) in [7, 11) is -2.61. The summed E-state index contributed by atoms with van der Waals surface area (Å²) in [6.07, 6.45) is 5.79. The molecular formula is C7H12O2S. The van der Waals surface area contributed by atoms with E-state index in [9.17, 15) is 0 Å². The predicted octanol–water partition coefficient (Wildman–Crippen LogP) is 2.62. The fourth-order valence-electron chi connectivity index (χ4n) is 0.471. The van der Waals surface area contributed by atoms with E-state index in [2.05, 4.69) is 13.2 Å². The molecule has 0 saturated heterocycles. The van der Waals surface area contributed by atoms with Crippen LogP contribution in [0.3, 0.4) is 0 Å². The van der Waals surface area contributed by atoms with Gasteiger partial charge >= 0.3 is 0 Å². The van der Waals surface area contributed by atoms with Crippen molar-refractivity contribution >= 4 is 10.6 Å². The van der Waals surface area contributed by atoms with Crippen LogP contribution in [0.5, 0.6) is 0 Å². The van der Waals surface area contributed by atoms with Gasteiger partial charge in [0.1, 0.15) is 0 Å². The zero-order chi connectivity index (χ0) is 8.20. The first-order valence-corrected chi connectivity index (χ1v) is 4.66. The average molecular weight is 160 g/mol. The maximum absolute atomic E-state index is 9.06. The topological polar surface area (TPSA) is 40.5 Å². The van der Waals surface area contributed by atoms with Gasteiger partial charge in [-0.15, -0.1) is 0 Å². The lowest BCUT2D eigenvalue weighted by atomic mass is 10.5. The number of hydrogen-bond donors (Lipinski definition) is 2. The molecule has 2 N–H and O–H groups in total. The maximum atomic E-state index is 9.06. The molecule has 0 spiro atoms. The molecule has 3 heteroatoms. The van der Waals surface area contributed by atoms with Gasteiger partial charge in [-0.3, -0.25) is 9.11 Å². The molecule has 58 valence electrons. The molecule has 0 heterocycles. The molecule has 0 saturated carbocycles. The summed E-state index contributed by atoms with van der Waals surface area (Å²) in [6.45, 7) is 6.86. The fraction of sp³-hybridized carbons (Fsp3) is 0.143. The van der Waals surface area contributed by atoms with Crippen molar-refractivity contribution < 1.29 is 9.11 Å². The third-order valence-corrected chi connectivity index (χ3v) is 2.13. The van der Waals surface area contributed by atoms with Gasteiger partial charge in [-0.1, -0.05) is 19.2 Å². The SMILES string of the molecule is C=C/C=C(\C=C)S(C)(O)O. The molecule has 0 aromatic carbocycles. The smallest absolute Gasteiger partial charge is 0.0574 e. The molecule has 0 fully saturated rings. The summed E-state index contributed by atoms with van der Waals surface area (Å²) in [5.74, 6) is 0. The van der Waals surface area contributed by atoms with Crippen molar-refractivity contribution in [2.45, 2.75) is 0 Å². The molecule has 0 atom stereocenters. The summed E-state index contributed by atoms with van der Waals surface area (Å²) in [5, 5.41) is 0. The maximum Gasteiger partial charge on any atom is 0.0574 e. The Hall–Kier alpha value is -0.510. The minimum atomic E-state index is -2.61. The minimum Gasteiger partial charge on any atom is -0.295 e. The van der Waals surface area contributed by atoms with E-state index >= 15 is 0 Å². The van der Waals surface area contributed by atoms with E-state index in [-0.39, 0.29) is 0 Å². The second-order valence-electron chi connectivity index (χ2n) is 1.84. The molecule has 0 unspecified atom stereocenters. The second kappa shape index (κ2) is 3.61. The van der Waals surface area contributed by atoms with E-state index in [1.165, 1.54) is 24.5 Å². The lowest BCUT2D eigenvalue weighted by Gasteiger charge is -2.27. The van der Waals surface area contributed by atoms with Crippen molar-refractivity contribution in [2.75, 3.05) is 6.26 Å². The van der Waals surface area contributed by atoms with Crippen LogP contribution in [-0.2, 0) is 0 Å². The number of hydrogen-bond acceptors (Lipinski definition) is 2. The largest absolute Gasteiger partial charge is 0.295 e. The third kappa shape index (κ3) is 2.87. The first kappa shape index (κ1) is 9.49. The van der Waals surface area contributed by atoms with Gasteiger partial charge in [0.05, 0.1) is 4.91 Å². The van der Waals surface area contributed by atoms with Gasteiger partial charge in [0.2, 0.25) is 0 Å². The lowest BCUT2D eigenvalue weighted by molar-refractivity contribution is 0.505. The molecule has 0 amide bonds. The van der Waals surface area contributed by atoms with Crippen molar-refractivity contribution in [2.24, 2.45) is 0 Å². The van der Waals surface area contributed by atoms with Crippen molar-refractivity contribution in [1.82, 2.24) is 0 Å². The number of allylic oxidation sites excluding steroid dienone is 3. The van der Waals surface area contributed by atoms with Crippen LogP contribution in [-0.4, -0.2) is 15.4 Å². The molecule has 10 heavy (non-hydrogen) atoms. The lowest BCUT2D eigenvalue weighted by Crippen LogP contribution is -1.94. The zero-order valence-electron chi connectivity index (χ0n) is 5.95. The average Bonchev–Trinajstić information content (AvgIpc) is 1.80.